The zero-order valence-electron chi connectivity index (χ0n) is 17.5. The maximum absolute atomic E-state index is 13.0. The molecule has 0 aliphatic carbocycles. The summed E-state index contributed by atoms with van der Waals surface area (Å²) >= 11 is 0. The Morgan fingerprint density at radius 1 is 1.00 bits per heavy atom. The van der Waals surface area contributed by atoms with Gasteiger partial charge < -0.3 is 30.4 Å². The number of hydrogen-bond acceptors (Lipinski definition) is 5. The number of carbonyl (C=O) groups is 1. The maximum Gasteiger partial charge on any atom is 0.369 e. The van der Waals surface area contributed by atoms with Gasteiger partial charge in [-0.2, -0.15) is 0 Å². The van der Waals surface area contributed by atoms with Gasteiger partial charge in [-0.05, 0) is 42.9 Å². The summed E-state index contributed by atoms with van der Waals surface area (Å²) in [5.41, 5.74) is 7.46. The average Bonchev–Trinajstić information content (AvgIpc) is 2.62. The van der Waals surface area contributed by atoms with Crippen LogP contribution in [0.2, 0.25) is 0 Å². The Morgan fingerprint density at radius 2 is 1.50 bits per heavy atom. The van der Waals surface area contributed by atoms with Crippen LogP contribution in [-0.4, -0.2) is 42.1 Å². The molecule has 0 heterocycles. The first-order valence-corrected chi connectivity index (χ1v) is 13.0. The van der Waals surface area contributed by atoms with Crippen molar-refractivity contribution in [2.45, 2.75) is 57.5 Å². The Balaban J connectivity index is 3.02. The van der Waals surface area contributed by atoms with Gasteiger partial charge in [0.2, 0.25) is 0 Å². The number of carbonyl (C=O) groups excluding carboxylic acids is 1. The van der Waals surface area contributed by atoms with E-state index in [0.29, 0.717) is 5.92 Å². The molecule has 0 aromatic heterocycles. The first-order valence-electron chi connectivity index (χ1n) is 9.80. The highest BCUT2D eigenvalue weighted by atomic mass is 31.2. The number of benzene rings is 1. The van der Waals surface area contributed by atoms with E-state index >= 15 is 0 Å². The van der Waals surface area contributed by atoms with Crippen molar-refractivity contribution in [1.29, 1.82) is 0 Å². The monoisotopic (exact) mass is 465 g/mol. The normalized spacial score (nSPS) is 15.3. The molecule has 0 saturated carbocycles. The molecule has 9 nitrogen and oxygen atoms in total. The first kappa shape index (κ1) is 27.1. The van der Waals surface area contributed by atoms with E-state index < -0.39 is 38.5 Å². The summed E-state index contributed by atoms with van der Waals surface area (Å²) in [5, 5.41) is 6.54. The van der Waals surface area contributed by atoms with Crippen molar-refractivity contribution < 1.29 is 38.6 Å². The highest BCUT2D eigenvalue weighted by molar-refractivity contribution is 7.72. The molecule has 0 saturated heterocycles. The van der Waals surface area contributed by atoms with Crippen molar-refractivity contribution in [3.8, 4) is 0 Å². The second-order valence-corrected chi connectivity index (χ2v) is 12.1. The van der Waals surface area contributed by atoms with Crippen LogP contribution in [0.25, 0.3) is 0 Å². The Hall–Kier alpha value is -0.890. The summed E-state index contributed by atoms with van der Waals surface area (Å²) in [6.07, 6.45) is -0.189. The summed E-state index contributed by atoms with van der Waals surface area (Å²) in [6.45, 7) is 6.00. The van der Waals surface area contributed by atoms with Crippen molar-refractivity contribution >= 4 is 21.0 Å². The summed E-state index contributed by atoms with van der Waals surface area (Å²) < 4.78 is 23.1. The van der Waals surface area contributed by atoms with E-state index in [4.69, 9.17) is 5.73 Å². The molecule has 0 aliphatic heterocycles. The predicted octanol–water partition coefficient (Wildman–Crippen LogP) is 2.30. The molecule has 1 aromatic carbocycles. The Bertz CT molecular complexity index is 777. The number of rotatable bonds is 12. The maximum atomic E-state index is 13.0. The van der Waals surface area contributed by atoms with Crippen molar-refractivity contribution in [2.24, 2.45) is 17.6 Å². The van der Waals surface area contributed by atoms with Crippen LogP contribution >= 0.6 is 15.2 Å². The lowest BCUT2D eigenvalue weighted by Crippen LogP contribution is -2.31. The fraction of sp³-hybridized carbons (Fsp3) is 0.632. The minimum Gasteiger partial charge on any atom is -0.368 e. The standard InChI is InChI=1S/C19H33NO8P2/c1-13(2)12-15-4-6-16(7-5-15)14(3)18(21)17(9-11-20)8-10-19(22,29(23,24)25)30(26,27)28/h4-7,13-14,17,22H,8-12,20H2,1-3H3,(H2,23,24,25)(H2,26,27,28). The Kier molecular flexibility index (Phi) is 9.61. The minimum atomic E-state index is -5.56. The van der Waals surface area contributed by atoms with Gasteiger partial charge in [0.15, 0.2) is 0 Å². The molecule has 0 aliphatic rings. The highest BCUT2D eigenvalue weighted by Crippen LogP contribution is 2.69. The van der Waals surface area contributed by atoms with Gasteiger partial charge in [-0.3, -0.25) is 13.9 Å². The number of Topliss-reactive ketones (excluding diaryl/α,β-unsaturated/α-hetero) is 1. The molecule has 0 spiro atoms. The smallest absolute Gasteiger partial charge is 0.368 e. The van der Waals surface area contributed by atoms with E-state index in [1.54, 1.807) is 6.92 Å². The van der Waals surface area contributed by atoms with Gasteiger partial charge in [0.1, 0.15) is 5.78 Å². The summed E-state index contributed by atoms with van der Waals surface area (Å²) in [7, 11) is -11.1. The van der Waals surface area contributed by atoms with Gasteiger partial charge in [-0.15, -0.1) is 0 Å². The van der Waals surface area contributed by atoms with Crippen LogP contribution in [-0.2, 0) is 20.3 Å². The predicted molar refractivity (Wildman–Crippen MR) is 114 cm³/mol. The zero-order valence-corrected chi connectivity index (χ0v) is 19.3. The van der Waals surface area contributed by atoms with E-state index in [1.807, 2.05) is 24.3 Å². The zero-order chi connectivity index (χ0) is 23.3. The molecular formula is C19H33NO8P2. The number of aliphatic hydroxyl groups is 1. The van der Waals surface area contributed by atoms with E-state index in [0.717, 1.165) is 17.5 Å². The third-order valence-corrected chi connectivity index (χ3v) is 9.11. The molecule has 30 heavy (non-hydrogen) atoms. The van der Waals surface area contributed by atoms with E-state index in [2.05, 4.69) is 13.8 Å². The molecule has 0 radical (unpaired) electrons. The molecule has 172 valence electrons. The molecule has 1 rings (SSSR count). The number of hydrogen-bond donors (Lipinski definition) is 6. The second-order valence-electron chi connectivity index (χ2n) is 8.14. The van der Waals surface area contributed by atoms with Crippen LogP contribution in [0.15, 0.2) is 24.3 Å². The van der Waals surface area contributed by atoms with Crippen molar-refractivity contribution in [1.82, 2.24) is 0 Å². The fourth-order valence-corrected chi connectivity index (χ4v) is 5.59. The third-order valence-electron chi connectivity index (χ3n) is 5.23. The molecule has 2 unspecified atom stereocenters. The Morgan fingerprint density at radius 3 is 1.90 bits per heavy atom. The fourth-order valence-electron chi connectivity index (χ4n) is 3.39. The van der Waals surface area contributed by atoms with Crippen molar-refractivity contribution in [3.63, 3.8) is 0 Å². The first-order chi connectivity index (χ1) is 13.6. The summed E-state index contributed by atoms with van der Waals surface area (Å²) in [6, 6.07) is 7.58. The molecule has 1 aromatic rings. The van der Waals surface area contributed by atoms with Gasteiger partial charge in [-0.1, -0.05) is 45.0 Å². The van der Waals surface area contributed by atoms with Crippen molar-refractivity contribution in [2.75, 3.05) is 6.54 Å². The number of nitrogens with two attached hydrogens (primary N) is 1. The van der Waals surface area contributed by atoms with Crippen LogP contribution in [0.1, 0.15) is 57.1 Å². The average molecular weight is 465 g/mol. The van der Waals surface area contributed by atoms with Crippen LogP contribution in [0.3, 0.4) is 0 Å². The second kappa shape index (κ2) is 10.6. The van der Waals surface area contributed by atoms with Crippen LogP contribution in [0, 0.1) is 11.8 Å². The third kappa shape index (κ3) is 6.81. The van der Waals surface area contributed by atoms with Crippen LogP contribution in [0.5, 0.6) is 0 Å². The van der Waals surface area contributed by atoms with Gasteiger partial charge in [0.05, 0.1) is 0 Å². The summed E-state index contributed by atoms with van der Waals surface area (Å²) in [5.74, 6) is -1.14. The molecule has 0 bridgehead atoms. The lowest BCUT2D eigenvalue weighted by atomic mass is 9.84. The van der Waals surface area contributed by atoms with Crippen LogP contribution < -0.4 is 5.73 Å². The Labute approximate surface area is 177 Å². The number of ketones is 1. The van der Waals surface area contributed by atoms with Gasteiger partial charge >= 0.3 is 15.2 Å². The SMILES string of the molecule is CC(C)Cc1ccc(C(C)C(=O)C(CCN)CCC(O)(P(=O)(O)O)P(=O)(O)O)cc1. The topological polar surface area (TPSA) is 178 Å². The van der Waals surface area contributed by atoms with Crippen molar-refractivity contribution in [3.05, 3.63) is 35.4 Å². The lowest BCUT2D eigenvalue weighted by Gasteiger charge is -2.30. The molecule has 7 N–H and O–H groups in total. The largest absolute Gasteiger partial charge is 0.369 e. The lowest BCUT2D eigenvalue weighted by molar-refractivity contribution is -0.124. The molecule has 11 heteroatoms. The van der Waals surface area contributed by atoms with Gasteiger partial charge in [0, 0.05) is 18.3 Å². The van der Waals surface area contributed by atoms with E-state index in [9.17, 15) is 38.6 Å². The van der Waals surface area contributed by atoms with E-state index in [1.165, 1.54) is 0 Å². The molecule has 2 atom stereocenters. The molecule has 0 amide bonds. The van der Waals surface area contributed by atoms with Crippen LogP contribution in [0.4, 0.5) is 0 Å². The molecule has 0 fully saturated rings. The quantitative estimate of drug-likeness (QED) is 0.253. The minimum absolute atomic E-state index is 0.0979. The molecular weight excluding hydrogens is 432 g/mol. The summed E-state index contributed by atoms with van der Waals surface area (Å²) in [4.78, 5) is 50.1. The highest BCUT2D eigenvalue weighted by Gasteiger charge is 2.59. The van der Waals surface area contributed by atoms with E-state index in [-0.39, 0.29) is 25.2 Å². The van der Waals surface area contributed by atoms with Gasteiger partial charge in [0.25, 0.3) is 5.08 Å². The van der Waals surface area contributed by atoms with Gasteiger partial charge in [-0.25, -0.2) is 0 Å².